The van der Waals surface area contributed by atoms with Gasteiger partial charge in [-0.15, -0.1) is 0 Å². The largest absolute Gasteiger partial charge is 0.494 e. The second-order valence-corrected chi connectivity index (χ2v) is 8.57. The zero-order valence-electron chi connectivity index (χ0n) is 17.2. The van der Waals surface area contributed by atoms with Gasteiger partial charge in [0.2, 0.25) is 0 Å². The van der Waals surface area contributed by atoms with Crippen molar-refractivity contribution in [3.63, 3.8) is 0 Å². The predicted octanol–water partition coefficient (Wildman–Crippen LogP) is 5.53. The first kappa shape index (κ1) is 20.5. The van der Waals surface area contributed by atoms with Gasteiger partial charge in [-0.2, -0.15) is 0 Å². The fourth-order valence-electron chi connectivity index (χ4n) is 3.62. The van der Waals surface area contributed by atoms with Gasteiger partial charge in [0.15, 0.2) is 0 Å². The van der Waals surface area contributed by atoms with Crippen LogP contribution in [-0.4, -0.2) is 26.6 Å². The number of hydrogen-bond acceptors (Lipinski definition) is 4. The summed E-state index contributed by atoms with van der Waals surface area (Å²) in [6.45, 7) is 2.53. The van der Waals surface area contributed by atoms with Crippen LogP contribution in [0.5, 0.6) is 5.75 Å². The highest BCUT2D eigenvalue weighted by atomic mass is 127. The molecule has 4 rings (SSSR count). The molecule has 3 aromatic rings. The van der Waals surface area contributed by atoms with Gasteiger partial charge in [0.1, 0.15) is 11.9 Å². The van der Waals surface area contributed by atoms with Crippen molar-refractivity contribution in [2.45, 2.75) is 13.1 Å². The van der Waals surface area contributed by atoms with Crippen LogP contribution in [0.3, 0.4) is 0 Å². The lowest BCUT2D eigenvalue weighted by molar-refractivity contribution is 0.0975. The summed E-state index contributed by atoms with van der Waals surface area (Å²) in [5.41, 5.74) is 4.44. The normalized spacial score (nSPS) is 15.4. The summed E-state index contributed by atoms with van der Waals surface area (Å²) in [5, 5.41) is 3.57. The number of carbonyl (C=O) groups is 1. The molecule has 0 fully saturated rings. The lowest BCUT2D eigenvalue weighted by Gasteiger charge is -2.38. The van der Waals surface area contributed by atoms with E-state index in [9.17, 15) is 4.79 Å². The Balaban J connectivity index is 1.81. The number of amides is 1. The Morgan fingerprint density at radius 2 is 1.83 bits per heavy atom. The quantitative estimate of drug-likeness (QED) is 0.456. The molecule has 1 aliphatic rings. The summed E-state index contributed by atoms with van der Waals surface area (Å²) in [7, 11) is 4.03. The van der Waals surface area contributed by atoms with Gasteiger partial charge >= 0.3 is 0 Å². The van der Waals surface area contributed by atoms with Crippen LogP contribution in [0, 0.1) is 3.57 Å². The summed E-state index contributed by atoms with van der Waals surface area (Å²) in [6, 6.07) is 21.9. The molecule has 3 aromatic carbocycles. The second-order valence-electron chi connectivity index (χ2n) is 7.33. The maximum absolute atomic E-state index is 13.6. The summed E-state index contributed by atoms with van der Waals surface area (Å²) in [6.07, 6.45) is -0.321. The highest BCUT2D eigenvalue weighted by molar-refractivity contribution is 14.1. The molecule has 0 aromatic heterocycles. The van der Waals surface area contributed by atoms with E-state index >= 15 is 0 Å². The summed E-state index contributed by atoms with van der Waals surface area (Å²) in [4.78, 5) is 17.5. The third-order valence-electron chi connectivity index (χ3n) is 5.11. The van der Waals surface area contributed by atoms with E-state index in [-0.39, 0.29) is 12.1 Å². The van der Waals surface area contributed by atoms with Gasteiger partial charge in [-0.25, -0.2) is 0 Å². The number of benzene rings is 3. The molecule has 0 bridgehead atoms. The predicted molar refractivity (Wildman–Crippen MR) is 131 cm³/mol. The molecule has 0 unspecified atom stereocenters. The van der Waals surface area contributed by atoms with E-state index in [4.69, 9.17) is 4.74 Å². The van der Waals surface area contributed by atoms with E-state index in [0.29, 0.717) is 12.2 Å². The minimum Gasteiger partial charge on any atom is -0.494 e. The number of carbonyl (C=O) groups excluding carboxylic acids is 1. The number of fused-ring (bicyclic) bond motifs is 1. The maximum Gasteiger partial charge on any atom is 0.262 e. The molecule has 30 heavy (non-hydrogen) atoms. The second kappa shape index (κ2) is 8.55. The molecule has 0 saturated carbocycles. The van der Waals surface area contributed by atoms with Crippen LogP contribution in [-0.2, 0) is 0 Å². The van der Waals surface area contributed by atoms with E-state index in [2.05, 4.69) is 57.1 Å². The molecule has 5 nitrogen and oxygen atoms in total. The van der Waals surface area contributed by atoms with Crippen molar-refractivity contribution in [3.8, 4) is 5.75 Å². The van der Waals surface area contributed by atoms with Crippen molar-refractivity contribution in [2.24, 2.45) is 0 Å². The topological polar surface area (TPSA) is 44.8 Å². The van der Waals surface area contributed by atoms with Gasteiger partial charge in [-0.1, -0.05) is 18.2 Å². The highest BCUT2D eigenvalue weighted by Crippen LogP contribution is 2.38. The van der Waals surface area contributed by atoms with Crippen molar-refractivity contribution >= 4 is 45.6 Å². The molecule has 1 N–H and O–H groups in total. The third kappa shape index (κ3) is 3.96. The molecule has 0 aliphatic carbocycles. The first-order valence-corrected chi connectivity index (χ1v) is 11.0. The molecule has 1 atom stereocenters. The molecular formula is C24H24IN3O2. The van der Waals surface area contributed by atoms with Crippen molar-refractivity contribution in [1.29, 1.82) is 0 Å². The Hall–Kier alpha value is -2.74. The number of rotatable bonds is 5. The van der Waals surface area contributed by atoms with Gasteiger partial charge in [-0.3, -0.25) is 9.69 Å². The molecule has 1 aliphatic heterocycles. The zero-order valence-corrected chi connectivity index (χ0v) is 19.4. The Bertz CT molecular complexity index is 1070. The van der Waals surface area contributed by atoms with Crippen LogP contribution in [0.1, 0.15) is 29.0 Å². The van der Waals surface area contributed by atoms with Crippen LogP contribution >= 0.6 is 22.6 Å². The Morgan fingerprint density at radius 3 is 2.53 bits per heavy atom. The zero-order chi connectivity index (χ0) is 21.3. The van der Waals surface area contributed by atoms with Gasteiger partial charge in [0.25, 0.3) is 5.91 Å². The van der Waals surface area contributed by atoms with Crippen molar-refractivity contribution in [1.82, 2.24) is 0 Å². The molecule has 0 spiro atoms. The molecular weight excluding hydrogens is 489 g/mol. The molecule has 0 saturated heterocycles. The Labute approximate surface area is 190 Å². The maximum atomic E-state index is 13.6. The van der Waals surface area contributed by atoms with Crippen molar-refractivity contribution in [3.05, 3.63) is 81.4 Å². The van der Waals surface area contributed by atoms with Gasteiger partial charge < -0.3 is 15.0 Å². The van der Waals surface area contributed by atoms with E-state index in [1.807, 2.05) is 68.4 Å². The monoisotopic (exact) mass is 513 g/mol. The average molecular weight is 513 g/mol. The molecule has 154 valence electrons. The van der Waals surface area contributed by atoms with Crippen LogP contribution < -0.4 is 19.9 Å². The molecule has 6 heteroatoms. The minimum absolute atomic E-state index is 0.0300. The van der Waals surface area contributed by atoms with Gasteiger partial charge in [0.05, 0.1) is 17.9 Å². The van der Waals surface area contributed by atoms with Crippen molar-refractivity contribution in [2.75, 3.05) is 35.8 Å². The van der Waals surface area contributed by atoms with E-state index in [0.717, 1.165) is 31.9 Å². The third-order valence-corrected chi connectivity index (χ3v) is 5.78. The molecule has 1 amide bonds. The standard InChI is InChI=1S/C24H24IN3O2/c1-4-30-20-7-5-6-19(15-20)28-23(16-8-11-18(12-9-16)27(2)3)26-22-13-10-17(25)14-21(22)24(28)29/h5-15,23,26H,4H2,1-3H3/t23-/m0/s1. The van der Waals surface area contributed by atoms with Crippen LogP contribution in [0.15, 0.2) is 66.7 Å². The number of hydrogen-bond donors (Lipinski definition) is 1. The average Bonchev–Trinajstić information content (AvgIpc) is 2.74. The lowest BCUT2D eigenvalue weighted by Crippen LogP contribution is -2.43. The minimum atomic E-state index is -0.321. The van der Waals surface area contributed by atoms with Crippen molar-refractivity contribution < 1.29 is 9.53 Å². The van der Waals surface area contributed by atoms with E-state index in [1.54, 1.807) is 0 Å². The number of nitrogens with zero attached hydrogens (tertiary/aromatic N) is 2. The van der Waals surface area contributed by atoms with Crippen LogP contribution in [0.2, 0.25) is 0 Å². The first-order chi connectivity index (χ1) is 14.5. The highest BCUT2D eigenvalue weighted by Gasteiger charge is 2.34. The molecule has 1 heterocycles. The summed E-state index contributed by atoms with van der Waals surface area (Å²) >= 11 is 2.24. The summed E-state index contributed by atoms with van der Waals surface area (Å²) < 4.78 is 6.71. The van der Waals surface area contributed by atoms with Crippen LogP contribution in [0.25, 0.3) is 0 Å². The Morgan fingerprint density at radius 1 is 1.07 bits per heavy atom. The fraction of sp³-hybridized carbons (Fsp3) is 0.208. The fourth-order valence-corrected chi connectivity index (χ4v) is 4.11. The number of anilines is 3. The molecule has 0 radical (unpaired) electrons. The van der Waals surface area contributed by atoms with E-state index < -0.39 is 0 Å². The SMILES string of the molecule is CCOc1cccc(N2C(=O)c3cc(I)ccc3N[C@@H]2c2ccc(N(C)C)cc2)c1. The first-order valence-electron chi connectivity index (χ1n) is 9.87. The van der Waals surface area contributed by atoms with E-state index in [1.165, 1.54) is 0 Å². The van der Waals surface area contributed by atoms with Gasteiger partial charge in [-0.05, 0) is 77.5 Å². The van der Waals surface area contributed by atoms with Crippen LogP contribution in [0.4, 0.5) is 17.1 Å². The van der Waals surface area contributed by atoms with Gasteiger partial charge in [0, 0.05) is 35.1 Å². The lowest BCUT2D eigenvalue weighted by atomic mass is 10.0. The number of nitrogens with one attached hydrogen (secondary N) is 1. The number of ether oxygens (including phenoxy) is 1. The smallest absolute Gasteiger partial charge is 0.262 e. The summed E-state index contributed by atoms with van der Waals surface area (Å²) in [5.74, 6) is 0.718. The Kier molecular flexibility index (Phi) is 5.85. The number of halogens is 1.